The zero-order valence-corrected chi connectivity index (χ0v) is 14.6. The number of amides is 2. The summed E-state index contributed by atoms with van der Waals surface area (Å²) in [5.41, 5.74) is 2.69. The number of hydrogen-bond acceptors (Lipinski definition) is 4. The van der Waals surface area contributed by atoms with Gasteiger partial charge in [-0.15, -0.1) is 0 Å². The van der Waals surface area contributed by atoms with Gasteiger partial charge in [0.25, 0.3) is 0 Å². The smallest absolute Gasteiger partial charge is 0.319 e. The topological polar surface area (TPSA) is 72.7 Å². The maximum Gasteiger partial charge on any atom is 0.319 e. The van der Waals surface area contributed by atoms with Crippen LogP contribution >= 0.6 is 0 Å². The predicted molar refractivity (Wildman–Crippen MR) is 95.0 cm³/mol. The van der Waals surface area contributed by atoms with Crippen molar-refractivity contribution in [1.29, 1.82) is 0 Å². The van der Waals surface area contributed by atoms with Gasteiger partial charge in [0.1, 0.15) is 17.6 Å². The number of benzene rings is 1. The average molecular weight is 344 g/mol. The third-order valence-corrected chi connectivity index (χ3v) is 4.30. The number of urea groups is 1. The molecule has 1 fully saturated rings. The van der Waals surface area contributed by atoms with Gasteiger partial charge in [0.15, 0.2) is 0 Å². The molecule has 2 N–H and O–H groups in total. The molecule has 1 aliphatic rings. The molecule has 6 heteroatoms. The Morgan fingerprint density at radius 1 is 1.24 bits per heavy atom. The van der Waals surface area contributed by atoms with Crippen molar-refractivity contribution >= 4 is 11.7 Å². The van der Waals surface area contributed by atoms with Crippen LogP contribution in [0.2, 0.25) is 0 Å². The van der Waals surface area contributed by atoms with E-state index in [4.69, 9.17) is 13.9 Å². The standard InChI is InChI=1S/C19H24N2O4/c1-13-11-16(3-4-18(13)25-17-6-8-23-9-7-17)21-19(22)20-12-15-5-10-24-14(15)2/h3-5,10-11,17H,6-9,12H2,1-2H3,(H2,20,21,22). The summed E-state index contributed by atoms with van der Waals surface area (Å²) in [4.78, 5) is 12.0. The number of anilines is 1. The molecule has 0 saturated carbocycles. The van der Waals surface area contributed by atoms with Crippen LogP contribution < -0.4 is 15.4 Å². The fraction of sp³-hybridized carbons (Fsp3) is 0.421. The van der Waals surface area contributed by atoms with E-state index in [1.54, 1.807) is 6.26 Å². The predicted octanol–water partition coefficient (Wildman–Crippen LogP) is 3.78. The van der Waals surface area contributed by atoms with E-state index >= 15 is 0 Å². The van der Waals surface area contributed by atoms with Crippen LogP contribution in [-0.4, -0.2) is 25.3 Å². The zero-order valence-electron chi connectivity index (χ0n) is 14.6. The Morgan fingerprint density at radius 3 is 2.72 bits per heavy atom. The monoisotopic (exact) mass is 344 g/mol. The summed E-state index contributed by atoms with van der Waals surface area (Å²) in [5.74, 6) is 1.66. The lowest BCUT2D eigenvalue weighted by Gasteiger charge is -2.24. The second-order valence-corrected chi connectivity index (χ2v) is 6.22. The molecule has 1 aliphatic heterocycles. The second-order valence-electron chi connectivity index (χ2n) is 6.22. The maximum absolute atomic E-state index is 12.0. The molecular weight excluding hydrogens is 320 g/mol. The normalized spacial score (nSPS) is 15.0. The fourth-order valence-electron chi connectivity index (χ4n) is 2.78. The highest BCUT2D eigenvalue weighted by Crippen LogP contribution is 2.25. The molecule has 6 nitrogen and oxygen atoms in total. The minimum atomic E-state index is -0.252. The zero-order chi connectivity index (χ0) is 17.6. The maximum atomic E-state index is 12.0. The van der Waals surface area contributed by atoms with Crippen molar-refractivity contribution < 1.29 is 18.7 Å². The largest absolute Gasteiger partial charge is 0.490 e. The molecule has 1 aromatic carbocycles. The lowest BCUT2D eigenvalue weighted by atomic mass is 10.1. The number of carbonyl (C=O) groups is 1. The van der Waals surface area contributed by atoms with Crippen molar-refractivity contribution in [3.05, 3.63) is 47.4 Å². The number of aryl methyl sites for hydroxylation is 2. The summed E-state index contributed by atoms with van der Waals surface area (Å²) in [6, 6.07) is 7.27. The van der Waals surface area contributed by atoms with Crippen LogP contribution in [0.5, 0.6) is 5.75 Å². The summed E-state index contributed by atoms with van der Waals surface area (Å²) >= 11 is 0. The molecule has 134 valence electrons. The van der Waals surface area contributed by atoms with E-state index in [-0.39, 0.29) is 12.1 Å². The molecule has 25 heavy (non-hydrogen) atoms. The molecule has 0 unspecified atom stereocenters. The summed E-state index contributed by atoms with van der Waals surface area (Å²) in [6.45, 7) is 5.78. The van der Waals surface area contributed by atoms with E-state index < -0.39 is 0 Å². The first-order chi connectivity index (χ1) is 12.1. The van der Waals surface area contributed by atoms with Crippen molar-refractivity contribution in [3.8, 4) is 5.75 Å². The van der Waals surface area contributed by atoms with Gasteiger partial charge >= 0.3 is 6.03 Å². The van der Waals surface area contributed by atoms with Crippen LogP contribution in [0.25, 0.3) is 0 Å². The molecule has 0 atom stereocenters. The minimum absolute atomic E-state index is 0.202. The van der Waals surface area contributed by atoms with Crippen LogP contribution in [0.4, 0.5) is 10.5 Å². The van der Waals surface area contributed by atoms with Crippen molar-refractivity contribution in [2.75, 3.05) is 18.5 Å². The quantitative estimate of drug-likeness (QED) is 0.866. The Kier molecular flexibility index (Phi) is 5.60. The lowest BCUT2D eigenvalue weighted by Crippen LogP contribution is -2.28. The van der Waals surface area contributed by atoms with Crippen LogP contribution in [0, 0.1) is 13.8 Å². The van der Waals surface area contributed by atoms with Crippen molar-refractivity contribution in [2.24, 2.45) is 0 Å². The number of hydrogen-bond donors (Lipinski definition) is 2. The lowest BCUT2D eigenvalue weighted by molar-refractivity contribution is 0.0253. The minimum Gasteiger partial charge on any atom is -0.490 e. The number of ether oxygens (including phenoxy) is 2. The Morgan fingerprint density at radius 2 is 2.04 bits per heavy atom. The Hall–Kier alpha value is -2.47. The van der Waals surface area contributed by atoms with Crippen molar-refractivity contribution in [2.45, 2.75) is 39.3 Å². The molecule has 1 aromatic heterocycles. The molecule has 0 radical (unpaired) electrons. The van der Waals surface area contributed by atoms with E-state index in [9.17, 15) is 4.79 Å². The van der Waals surface area contributed by atoms with E-state index in [1.165, 1.54) is 0 Å². The van der Waals surface area contributed by atoms with E-state index in [2.05, 4.69) is 10.6 Å². The van der Waals surface area contributed by atoms with Gasteiger partial charge in [0, 0.05) is 30.6 Å². The van der Waals surface area contributed by atoms with Gasteiger partial charge in [-0.3, -0.25) is 0 Å². The number of rotatable bonds is 5. The molecule has 2 aromatic rings. The van der Waals surface area contributed by atoms with Crippen LogP contribution in [-0.2, 0) is 11.3 Å². The number of carbonyl (C=O) groups excluding carboxylic acids is 1. The van der Waals surface area contributed by atoms with Gasteiger partial charge in [-0.25, -0.2) is 4.79 Å². The summed E-state index contributed by atoms with van der Waals surface area (Å²) in [7, 11) is 0. The van der Waals surface area contributed by atoms with Crippen LogP contribution in [0.1, 0.15) is 29.7 Å². The highest BCUT2D eigenvalue weighted by atomic mass is 16.5. The highest BCUT2D eigenvalue weighted by molar-refractivity contribution is 5.89. The first-order valence-corrected chi connectivity index (χ1v) is 8.54. The van der Waals surface area contributed by atoms with Gasteiger partial charge < -0.3 is 24.5 Å². The Labute approximate surface area is 147 Å². The molecule has 2 amide bonds. The molecule has 2 heterocycles. The number of furan rings is 1. The molecule has 0 aliphatic carbocycles. The average Bonchev–Trinajstić information content (AvgIpc) is 3.01. The van der Waals surface area contributed by atoms with Crippen LogP contribution in [0.15, 0.2) is 34.9 Å². The summed E-state index contributed by atoms with van der Waals surface area (Å²) in [6.07, 6.45) is 3.64. The molecular formula is C19H24N2O4. The van der Waals surface area contributed by atoms with Gasteiger partial charge in [-0.05, 0) is 43.7 Å². The van der Waals surface area contributed by atoms with Crippen molar-refractivity contribution in [3.63, 3.8) is 0 Å². The van der Waals surface area contributed by atoms with Gasteiger partial charge in [0.2, 0.25) is 0 Å². The second kappa shape index (κ2) is 8.07. The molecule has 0 spiro atoms. The van der Waals surface area contributed by atoms with E-state index in [1.807, 2.05) is 38.1 Å². The SMILES string of the molecule is Cc1cc(NC(=O)NCc2ccoc2C)ccc1OC1CCOCC1. The summed E-state index contributed by atoms with van der Waals surface area (Å²) in [5, 5.41) is 5.66. The number of nitrogens with one attached hydrogen (secondary N) is 2. The van der Waals surface area contributed by atoms with Gasteiger partial charge in [-0.1, -0.05) is 0 Å². The first-order valence-electron chi connectivity index (χ1n) is 8.54. The Bertz CT molecular complexity index is 720. The van der Waals surface area contributed by atoms with Crippen LogP contribution in [0.3, 0.4) is 0 Å². The summed E-state index contributed by atoms with van der Waals surface area (Å²) < 4.78 is 16.6. The van der Waals surface area contributed by atoms with E-state index in [0.717, 1.165) is 54.4 Å². The molecule has 0 bridgehead atoms. The van der Waals surface area contributed by atoms with Crippen molar-refractivity contribution in [1.82, 2.24) is 5.32 Å². The third-order valence-electron chi connectivity index (χ3n) is 4.30. The van der Waals surface area contributed by atoms with E-state index in [0.29, 0.717) is 6.54 Å². The third kappa shape index (κ3) is 4.76. The fourth-order valence-corrected chi connectivity index (χ4v) is 2.78. The Balaban J connectivity index is 1.53. The molecule has 3 rings (SSSR count). The highest BCUT2D eigenvalue weighted by Gasteiger charge is 2.16. The first kappa shape index (κ1) is 17.4. The van der Waals surface area contributed by atoms with Gasteiger partial charge in [0.05, 0.1) is 19.5 Å². The molecule has 1 saturated heterocycles. The van der Waals surface area contributed by atoms with Gasteiger partial charge in [-0.2, -0.15) is 0 Å².